The number of methoxy groups -OCH3 is 1. The van der Waals surface area contributed by atoms with Gasteiger partial charge in [-0.15, -0.1) is 0 Å². The van der Waals surface area contributed by atoms with Crippen LogP contribution in [0.1, 0.15) is 23.3 Å². The number of aromatic nitrogens is 2. The van der Waals surface area contributed by atoms with Crippen molar-refractivity contribution in [1.82, 2.24) is 19.4 Å². The lowest BCUT2D eigenvalue weighted by Crippen LogP contribution is -2.46. The number of ether oxygens (including phenoxy) is 1. The third kappa shape index (κ3) is 4.41. The van der Waals surface area contributed by atoms with Crippen molar-refractivity contribution >= 4 is 15.9 Å². The largest absolute Gasteiger partial charge is 0.497 e. The fourth-order valence-corrected chi connectivity index (χ4v) is 3.82. The first-order valence-electron chi connectivity index (χ1n) is 8.32. The first-order chi connectivity index (χ1) is 12.4. The van der Waals surface area contributed by atoms with E-state index in [2.05, 4.69) is 9.82 Å². The number of rotatable bonds is 5. The standard InChI is InChI=1S/C17H22N4O4S/c1-25-15-5-3-14(4-6-15)21-12-9-16(18-21)17(22)20-10-7-13(8-11-20)19-26(2,23)24/h3-6,9,12-13,19H,7-8,10-11H2,1-2H3. The fourth-order valence-electron chi connectivity index (χ4n) is 2.98. The van der Waals surface area contributed by atoms with Crippen molar-refractivity contribution in [3.05, 3.63) is 42.2 Å². The molecule has 0 atom stereocenters. The third-order valence-corrected chi connectivity index (χ3v) is 5.07. The fraction of sp³-hybridized carbons (Fsp3) is 0.412. The minimum absolute atomic E-state index is 0.120. The van der Waals surface area contributed by atoms with Crippen LogP contribution in [0.5, 0.6) is 5.75 Å². The summed E-state index contributed by atoms with van der Waals surface area (Å²) in [5.74, 6) is 0.609. The lowest BCUT2D eigenvalue weighted by molar-refractivity contribution is 0.0705. The summed E-state index contributed by atoms with van der Waals surface area (Å²) in [4.78, 5) is 14.3. The van der Waals surface area contributed by atoms with Crippen LogP contribution in [0.25, 0.3) is 5.69 Å². The zero-order valence-electron chi connectivity index (χ0n) is 14.8. The first kappa shape index (κ1) is 18.4. The summed E-state index contributed by atoms with van der Waals surface area (Å²) in [6.07, 6.45) is 4.08. The van der Waals surface area contributed by atoms with Crippen molar-refractivity contribution in [3.8, 4) is 11.4 Å². The Morgan fingerprint density at radius 2 is 1.85 bits per heavy atom. The van der Waals surface area contributed by atoms with Gasteiger partial charge in [-0.1, -0.05) is 0 Å². The molecule has 140 valence electrons. The molecule has 1 aliphatic heterocycles. The lowest BCUT2D eigenvalue weighted by atomic mass is 10.1. The van der Waals surface area contributed by atoms with Crippen molar-refractivity contribution in [2.45, 2.75) is 18.9 Å². The Balaban J connectivity index is 1.63. The molecule has 26 heavy (non-hydrogen) atoms. The van der Waals surface area contributed by atoms with Crippen LogP contribution in [0.4, 0.5) is 0 Å². The molecule has 8 nitrogen and oxygen atoms in total. The first-order valence-corrected chi connectivity index (χ1v) is 10.2. The van der Waals surface area contributed by atoms with E-state index in [-0.39, 0.29) is 11.9 Å². The summed E-state index contributed by atoms with van der Waals surface area (Å²) in [7, 11) is -1.62. The van der Waals surface area contributed by atoms with E-state index >= 15 is 0 Å². The molecule has 0 unspecified atom stereocenters. The van der Waals surface area contributed by atoms with Crippen molar-refractivity contribution in [2.75, 3.05) is 26.5 Å². The Labute approximate surface area is 152 Å². The molecule has 1 fully saturated rings. The Morgan fingerprint density at radius 3 is 2.42 bits per heavy atom. The molecule has 0 bridgehead atoms. The molecule has 1 aliphatic rings. The minimum atomic E-state index is -3.22. The van der Waals surface area contributed by atoms with Gasteiger partial charge in [0.05, 0.1) is 19.1 Å². The van der Waals surface area contributed by atoms with Crippen molar-refractivity contribution < 1.29 is 17.9 Å². The number of hydrogen-bond donors (Lipinski definition) is 1. The monoisotopic (exact) mass is 378 g/mol. The maximum Gasteiger partial charge on any atom is 0.274 e. The highest BCUT2D eigenvalue weighted by Crippen LogP contribution is 2.17. The molecule has 1 saturated heterocycles. The summed E-state index contributed by atoms with van der Waals surface area (Å²) in [6, 6.07) is 8.96. The Kier molecular flexibility index (Phi) is 5.28. The Morgan fingerprint density at radius 1 is 1.19 bits per heavy atom. The van der Waals surface area contributed by atoms with Gasteiger partial charge >= 0.3 is 0 Å². The topological polar surface area (TPSA) is 93.5 Å². The molecule has 1 aromatic carbocycles. The normalized spacial score (nSPS) is 15.8. The SMILES string of the molecule is COc1ccc(-n2ccc(C(=O)N3CCC(NS(C)(=O)=O)CC3)n2)cc1. The van der Waals surface area contributed by atoms with Gasteiger partial charge in [0.2, 0.25) is 10.0 Å². The number of nitrogens with zero attached hydrogens (tertiary/aromatic N) is 3. The molecule has 2 aromatic rings. The number of hydrogen-bond acceptors (Lipinski definition) is 5. The highest BCUT2D eigenvalue weighted by Gasteiger charge is 2.26. The van der Waals surface area contributed by atoms with Gasteiger partial charge in [-0.2, -0.15) is 5.10 Å². The van der Waals surface area contributed by atoms with E-state index in [0.29, 0.717) is 31.6 Å². The van der Waals surface area contributed by atoms with Gasteiger partial charge in [0.1, 0.15) is 5.75 Å². The highest BCUT2D eigenvalue weighted by atomic mass is 32.2. The van der Waals surface area contributed by atoms with Gasteiger partial charge in [0, 0.05) is 25.3 Å². The van der Waals surface area contributed by atoms with E-state index in [0.717, 1.165) is 17.7 Å². The van der Waals surface area contributed by atoms with Crippen LogP contribution in [0, 0.1) is 0 Å². The van der Waals surface area contributed by atoms with E-state index in [4.69, 9.17) is 4.74 Å². The summed E-state index contributed by atoms with van der Waals surface area (Å²) >= 11 is 0. The average Bonchev–Trinajstić information content (AvgIpc) is 3.10. The van der Waals surface area contributed by atoms with Crippen LogP contribution in [0.2, 0.25) is 0 Å². The van der Waals surface area contributed by atoms with E-state index in [1.165, 1.54) is 0 Å². The highest BCUT2D eigenvalue weighted by molar-refractivity contribution is 7.88. The quantitative estimate of drug-likeness (QED) is 0.839. The van der Waals surface area contributed by atoms with Crippen molar-refractivity contribution in [3.63, 3.8) is 0 Å². The maximum absolute atomic E-state index is 12.6. The third-order valence-electron chi connectivity index (χ3n) is 4.31. The molecule has 1 N–H and O–H groups in total. The second-order valence-corrected chi connectivity index (χ2v) is 8.08. The van der Waals surface area contributed by atoms with Crippen LogP contribution in [0.3, 0.4) is 0 Å². The van der Waals surface area contributed by atoms with E-state index in [1.54, 1.807) is 29.0 Å². The molecule has 0 saturated carbocycles. The number of carbonyl (C=O) groups is 1. The number of piperidine rings is 1. The van der Waals surface area contributed by atoms with Gasteiger partial charge in [-0.25, -0.2) is 17.8 Å². The predicted octanol–water partition coefficient (Wildman–Crippen LogP) is 1.03. The van der Waals surface area contributed by atoms with Crippen LogP contribution in [-0.4, -0.2) is 61.5 Å². The second kappa shape index (κ2) is 7.46. The summed E-state index contributed by atoms with van der Waals surface area (Å²) in [5.41, 5.74) is 1.20. The Hall–Kier alpha value is -2.39. The van der Waals surface area contributed by atoms with Gasteiger partial charge in [-0.05, 0) is 43.2 Å². The van der Waals surface area contributed by atoms with Gasteiger partial charge in [0.25, 0.3) is 5.91 Å². The van der Waals surface area contributed by atoms with Gasteiger partial charge in [0.15, 0.2) is 5.69 Å². The maximum atomic E-state index is 12.6. The van der Waals surface area contributed by atoms with Crippen LogP contribution >= 0.6 is 0 Å². The number of likely N-dealkylation sites (tertiary alicyclic amines) is 1. The summed E-state index contributed by atoms with van der Waals surface area (Å²) in [6.45, 7) is 1.00. The number of benzene rings is 1. The number of carbonyl (C=O) groups excluding carboxylic acids is 1. The van der Waals surface area contributed by atoms with Crippen molar-refractivity contribution in [1.29, 1.82) is 0 Å². The molecule has 3 rings (SSSR count). The smallest absolute Gasteiger partial charge is 0.274 e. The van der Waals surface area contributed by atoms with Crippen LogP contribution < -0.4 is 9.46 Å². The van der Waals surface area contributed by atoms with E-state index in [9.17, 15) is 13.2 Å². The van der Waals surface area contributed by atoms with Crippen LogP contribution in [-0.2, 0) is 10.0 Å². The zero-order valence-corrected chi connectivity index (χ0v) is 15.6. The minimum Gasteiger partial charge on any atom is -0.497 e. The number of amides is 1. The molecule has 0 aliphatic carbocycles. The summed E-state index contributed by atoms with van der Waals surface area (Å²) in [5, 5.41) is 4.36. The molecule has 0 spiro atoms. The number of nitrogens with one attached hydrogen (secondary N) is 1. The molecule has 9 heteroatoms. The van der Waals surface area contributed by atoms with E-state index < -0.39 is 10.0 Å². The van der Waals surface area contributed by atoms with Crippen LogP contribution in [0.15, 0.2) is 36.5 Å². The number of sulfonamides is 1. The molecular weight excluding hydrogens is 356 g/mol. The molecule has 0 radical (unpaired) electrons. The van der Waals surface area contributed by atoms with Crippen molar-refractivity contribution in [2.24, 2.45) is 0 Å². The van der Waals surface area contributed by atoms with Gasteiger partial charge in [-0.3, -0.25) is 4.79 Å². The molecule has 1 amide bonds. The summed E-state index contributed by atoms with van der Waals surface area (Å²) < 4.78 is 32.0. The molecular formula is C17H22N4O4S. The average molecular weight is 378 g/mol. The van der Waals surface area contributed by atoms with Gasteiger partial charge < -0.3 is 9.64 Å². The van der Waals surface area contributed by atoms with E-state index in [1.807, 2.05) is 24.3 Å². The lowest BCUT2D eigenvalue weighted by Gasteiger charge is -2.31. The molecule has 2 heterocycles. The second-order valence-electron chi connectivity index (χ2n) is 6.30. The Bertz CT molecular complexity index is 868. The predicted molar refractivity (Wildman–Crippen MR) is 97.0 cm³/mol. The molecule has 1 aromatic heterocycles. The zero-order chi connectivity index (χ0) is 18.7.